The Morgan fingerprint density at radius 1 is 0.867 bits per heavy atom. The van der Waals surface area contributed by atoms with E-state index >= 15 is 0 Å². The number of nitrogens with one attached hydrogen (secondary N) is 1. The summed E-state index contributed by atoms with van der Waals surface area (Å²) >= 11 is 11.9. The summed E-state index contributed by atoms with van der Waals surface area (Å²) in [5, 5.41) is 12.7. The number of aliphatic hydroxyl groups excluding tert-OH is 1. The molecule has 0 atom stereocenters. The highest BCUT2D eigenvalue weighted by Gasteiger charge is 2.17. The van der Waals surface area contributed by atoms with E-state index in [2.05, 4.69) is 5.32 Å². The molecule has 2 amide bonds. The van der Waals surface area contributed by atoms with Crippen LogP contribution in [0.3, 0.4) is 0 Å². The molecule has 0 aliphatic heterocycles. The predicted molar refractivity (Wildman–Crippen MR) is 121 cm³/mol. The van der Waals surface area contributed by atoms with Crippen LogP contribution in [0.2, 0.25) is 10.0 Å². The topological polar surface area (TPSA) is 69.6 Å². The molecule has 0 heterocycles. The van der Waals surface area contributed by atoms with Crippen LogP contribution in [0, 0.1) is 0 Å². The van der Waals surface area contributed by atoms with Crippen LogP contribution in [0.4, 0.5) is 11.4 Å². The zero-order chi connectivity index (χ0) is 21.5. The van der Waals surface area contributed by atoms with Gasteiger partial charge in [-0.05, 0) is 61.0 Å². The summed E-state index contributed by atoms with van der Waals surface area (Å²) in [4.78, 5) is 27.1. The first kappa shape index (κ1) is 21.8. The maximum atomic E-state index is 13.0. The average Bonchev–Trinajstić information content (AvgIpc) is 2.74. The van der Waals surface area contributed by atoms with E-state index in [0.717, 1.165) is 5.69 Å². The lowest BCUT2D eigenvalue weighted by atomic mass is 10.1. The number of aliphatic hydroxyl groups is 1. The number of hydrogen-bond acceptors (Lipinski definition) is 3. The number of halogens is 2. The number of carbonyl (C=O) groups excluding carboxylic acids is 2. The molecule has 2 N–H and O–H groups in total. The number of hydrogen-bond donors (Lipinski definition) is 2. The van der Waals surface area contributed by atoms with Gasteiger partial charge in [-0.3, -0.25) is 9.59 Å². The third kappa shape index (κ3) is 5.60. The Labute approximate surface area is 184 Å². The molecule has 3 aromatic carbocycles. The normalized spacial score (nSPS) is 10.5. The highest BCUT2D eigenvalue weighted by molar-refractivity contribution is 6.35. The van der Waals surface area contributed by atoms with Gasteiger partial charge in [-0.2, -0.15) is 0 Å². The maximum Gasteiger partial charge on any atom is 0.258 e. The summed E-state index contributed by atoms with van der Waals surface area (Å²) < 4.78 is 0. The Bertz CT molecular complexity index is 1000. The summed E-state index contributed by atoms with van der Waals surface area (Å²) in [6.45, 7) is 0.391. The number of anilines is 2. The van der Waals surface area contributed by atoms with E-state index in [1.807, 2.05) is 30.3 Å². The second-order valence-corrected chi connectivity index (χ2v) is 7.43. The highest BCUT2D eigenvalue weighted by Crippen LogP contribution is 2.21. The van der Waals surface area contributed by atoms with Gasteiger partial charge in [-0.25, -0.2) is 0 Å². The first-order valence-corrected chi connectivity index (χ1v) is 10.1. The fourth-order valence-electron chi connectivity index (χ4n) is 2.92. The molecule has 154 valence electrons. The molecule has 0 aliphatic rings. The molecule has 0 fully saturated rings. The predicted octanol–water partition coefficient (Wildman–Crippen LogP) is 5.27. The van der Waals surface area contributed by atoms with Gasteiger partial charge in [0.25, 0.3) is 11.8 Å². The van der Waals surface area contributed by atoms with Gasteiger partial charge in [0.05, 0.1) is 0 Å². The number of para-hydroxylation sites is 1. The molecule has 3 rings (SSSR count). The first-order valence-electron chi connectivity index (χ1n) is 9.33. The molecule has 0 bridgehead atoms. The van der Waals surface area contributed by atoms with Crippen molar-refractivity contribution in [2.45, 2.75) is 6.42 Å². The molecule has 30 heavy (non-hydrogen) atoms. The fourth-order valence-corrected chi connectivity index (χ4v) is 3.45. The first-order chi connectivity index (χ1) is 14.5. The molecule has 0 unspecified atom stereocenters. The molecular weight excluding hydrogens is 423 g/mol. The van der Waals surface area contributed by atoms with Crippen LogP contribution in [-0.2, 0) is 0 Å². The summed E-state index contributed by atoms with van der Waals surface area (Å²) in [7, 11) is 0. The molecule has 0 radical (unpaired) electrons. The summed E-state index contributed by atoms with van der Waals surface area (Å²) in [5.41, 5.74) is 2.10. The monoisotopic (exact) mass is 442 g/mol. The fraction of sp³-hybridized carbons (Fsp3) is 0.130. The van der Waals surface area contributed by atoms with E-state index in [-0.39, 0.29) is 18.4 Å². The van der Waals surface area contributed by atoms with Crippen LogP contribution in [0.15, 0.2) is 72.8 Å². The van der Waals surface area contributed by atoms with Gasteiger partial charge in [-0.15, -0.1) is 0 Å². The van der Waals surface area contributed by atoms with Crippen molar-refractivity contribution in [1.82, 2.24) is 0 Å². The van der Waals surface area contributed by atoms with Crippen molar-refractivity contribution < 1.29 is 14.7 Å². The van der Waals surface area contributed by atoms with Gasteiger partial charge in [0.15, 0.2) is 0 Å². The van der Waals surface area contributed by atoms with Gasteiger partial charge in [0, 0.05) is 45.7 Å². The van der Waals surface area contributed by atoms with Crippen LogP contribution in [0.5, 0.6) is 0 Å². The highest BCUT2D eigenvalue weighted by atomic mass is 35.5. The Kier molecular flexibility index (Phi) is 7.46. The largest absolute Gasteiger partial charge is 0.396 e. The van der Waals surface area contributed by atoms with E-state index in [1.54, 1.807) is 35.2 Å². The summed E-state index contributed by atoms with van der Waals surface area (Å²) in [5.74, 6) is -0.540. The second kappa shape index (κ2) is 10.3. The van der Waals surface area contributed by atoms with Crippen molar-refractivity contribution in [3.8, 4) is 0 Å². The molecule has 0 aliphatic carbocycles. The van der Waals surface area contributed by atoms with Crippen molar-refractivity contribution in [2.24, 2.45) is 0 Å². The molecule has 0 spiro atoms. The standard InChI is InChI=1S/C23H20Cl2N2O3/c24-18-13-17(14-19(25)15-18)22(29)26-20-9-7-16(8-10-20)23(30)27(11-4-12-28)21-5-2-1-3-6-21/h1-3,5-10,13-15,28H,4,11-12H2,(H,26,29). The number of carbonyl (C=O) groups is 2. The van der Waals surface area contributed by atoms with E-state index < -0.39 is 0 Å². The van der Waals surface area contributed by atoms with Crippen molar-refractivity contribution in [3.63, 3.8) is 0 Å². The van der Waals surface area contributed by atoms with E-state index in [1.165, 1.54) is 12.1 Å². The molecule has 0 saturated carbocycles. The van der Waals surface area contributed by atoms with Crippen LogP contribution in [0.1, 0.15) is 27.1 Å². The average molecular weight is 443 g/mol. The second-order valence-electron chi connectivity index (χ2n) is 6.56. The molecular formula is C23H20Cl2N2O3. The molecule has 0 aromatic heterocycles. The lowest BCUT2D eigenvalue weighted by molar-refractivity contribution is 0.0984. The molecule has 5 nitrogen and oxygen atoms in total. The molecule has 0 saturated heterocycles. The third-order valence-electron chi connectivity index (χ3n) is 4.37. The van der Waals surface area contributed by atoms with Gasteiger partial charge in [0.1, 0.15) is 0 Å². The Morgan fingerprint density at radius 2 is 1.50 bits per heavy atom. The molecule has 3 aromatic rings. The Balaban J connectivity index is 1.75. The van der Waals surface area contributed by atoms with Crippen LogP contribution >= 0.6 is 23.2 Å². The third-order valence-corrected chi connectivity index (χ3v) is 4.80. The number of benzene rings is 3. The quantitative estimate of drug-likeness (QED) is 0.523. The van der Waals surface area contributed by atoms with Gasteiger partial charge in [-0.1, -0.05) is 41.4 Å². The van der Waals surface area contributed by atoms with E-state index in [0.29, 0.717) is 39.8 Å². The van der Waals surface area contributed by atoms with Crippen molar-refractivity contribution in [3.05, 3.63) is 94.0 Å². The molecule has 7 heteroatoms. The lowest BCUT2D eigenvalue weighted by Crippen LogP contribution is -2.32. The summed E-state index contributed by atoms with van der Waals surface area (Å²) in [6.07, 6.45) is 0.469. The van der Waals surface area contributed by atoms with Crippen molar-refractivity contribution >= 4 is 46.4 Å². The van der Waals surface area contributed by atoms with Crippen molar-refractivity contribution in [2.75, 3.05) is 23.4 Å². The minimum Gasteiger partial charge on any atom is -0.396 e. The van der Waals surface area contributed by atoms with Crippen LogP contribution < -0.4 is 10.2 Å². The SMILES string of the molecule is O=C(Nc1ccc(C(=O)N(CCCO)c2ccccc2)cc1)c1cc(Cl)cc(Cl)c1. The van der Waals surface area contributed by atoms with Crippen molar-refractivity contribution in [1.29, 1.82) is 0 Å². The van der Waals surface area contributed by atoms with Gasteiger partial charge < -0.3 is 15.3 Å². The minimum atomic E-state index is -0.354. The Hall–Kier alpha value is -2.86. The number of amides is 2. The summed E-state index contributed by atoms with van der Waals surface area (Å²) in [6, 6.07) is 20.5. The Morgan fingerprint density at radius 3 is 2.10 bits per heavy atom. The number of rotatable bonds is 7. The minimum absolute atomic E-state index is 0.00486. The number of nitrogens with zero attached hydrogens (tertiary/aromatic N) is 1. The maximum absolute atomic E-state index is 13.0. The van der Waals surface area contributed by atoms with Gasteiger partial charge >= 0.3 is 0 Å². The lowest BCUT2D eigenvalue weighted by Gasteiger charge is -2.22. The zero-order valence-electron chi connectivity index (χ0n) is 16.0. The van der Waals surface area contributed by atoms with E-state index in [4.69, 9.17) is 28.3 Å². The van der Waals surface area contributed by atoms with Gasteiger partial charge in [0.2, 0.25) is 0 Å². The van der Waals surface area contributed by atoms with Crippen LogP contribution in [0.25, 0.3) is 0 Å². The van der Waals surface area contributed by atoms with E-state index in [9.17, 15) is 9.59 Å². The van der Waals surface area contributed by atoms with Crippen LogP contribution in [-0.4, -0.2) is 30.1 Å². The zero-order valence-corrected chi connectivity index (χ0v) is 17.5. The smallest absolute Gasteiger partial charge is 0.258 e.